The molecule has 0 atom stereocenters. The van der Waals surface area contributed by atoms with E-state index in [9.17, 15) is 0 Å². The highest BCUT2D eigenvalue weighted by molar-refractivity contribution is 7.99. The van der Waals surface area contributed by atoms with E-state index in [0.717, 1.165) is 0 Å². The van der Waals surface area contributed by atoms with E-state index in [4.69, 9.17) is 5.90 Å². The summed E-state index contributed by atoms with van der Waals surface area (Å²) in [7, 11) is 0. The Morgan fingerprint density at radius 1 is 1.46 bits per heavy atom. The van der Waals surface area contributed by atoms with Crippen LogP contribution in [0, 0.1) is 0 Å². The summed E-state index contributed by atoms with van der Waals surface area (Å²) in [6.07, 6.45) is 2.43. The number of thioether (sulfide) groups is 1. The Hall–Kier alpha value is -0.510. The molecule has 2 N–H and O–H groups in total. The molecule has 0 saturated carbocycles. The van der Waals surface area contributed by atoms with E-state index >= 15 is 0 Å². The molecule has 0 spiro atoms. The van der Waals surface area contributed by atoms with Crippen LogP contribution in [0.25, 0.3) is 0 Å². The third-order valence-corrected chi connectivity index (χ3v) is 3.48. The summed E-state index contributed by atoms with van der Waals surface area (Å²) in [4.78, 5) is 6.09. The fraction of sp³-hybridized carbons (Fsp3) is 0.400. The van der Waals surface area contributed by atoms with Crippen LogP contribution in [0.1, 0.15) is 17.5 Å². The molecule has 1 aliphatic rings. The minimum atomic E-state index is 0.531. The van der Waals surface area contributed by atoms with Crippen LogP contribution < -0.4 is 5.90 Å². The Balaban J connectivity index is 2.34. The highest BCUT2D eigenvalue weighted by Crippen LogP contribution is 2.32. The Morgan fingerprint density at radius 2 is 2.38 bits per heavy atom. The number of rotatable bonds is 2. The van der Waals surface area contributed by atoms with Crippen LogP contribution in [0.3, 0.4) is 0 Å². The van der Waals surface area contributed by atoms with Gasteiger partial charge in [0.2, 0.25) is 0 Å². The molecule has 0 bridgehead atoms. The van der Waals surface area contributed by atoms with Gasteiger partial charge in [0.1, 0.15) is 0 Å². The van der Waals surface area contributed by atoms with Gasteiger partial charge in [-0.2, -0.15) is 0 Å². The molecule has 3 heteroatoms. The van der Waals surface area contributed by atoms with E-state index in [0.29, 0.717) is 6.61 Å². The van der Waals surface area contributed by atoms with Crippen molar-refractivity contribution in [2.75, 3.05) is 5.75 Å². The summed E-state index contributed by atoms with van der Waals surface area (Å²) in [6.45, 7) is 0.531. The van der Waals surface area contributed by atoms with E-state index in [2.05, 4.69) is 23.0 Å². The fourth-order valence-electron chi connectivity index (χ4n) is 1.69. The minimum Gasteiger partial charge on any atom is -0.300 e. The molecule has 0 aliphatic carbocycles. The van der Waals surface area contributed by atoms with Crippen LogP contribution in [0.4, 0.5) is 0 Å². The van der Waals surface area contributed by atoms with Crippen molar-refractivity contribution in [1.29, 1.82) is 0 Å². The smallest absolute Gasteiger partial charge is 0.0933 e. The van der Waals surface area contributed by atoms with Gasteiger partial charge >= 0.3 is 0 Å². The third-order valence-electron chi connectivity index (χ3n) is 2.30. The quantitative estimate of drug-likeness (QED) is 0.734. The molecule has 70 valence electrons. The van der Waals surface area contributed by atoms with Gasteiger partial charge < -0.3 is 0 Å². The maximum Gasteiger partial charge on any atom is 0.0933 e. The van der Waals surface area contributed by atoms with Crippen molar-refractivity contribution in [2.45, 2.75) is 24.3 Å². The second-order valence-corrected chi connectivity index (χ2v) is 4.29. The van der Waals surface area contributed by atoms with Crippen molar-refractivity contribution in [3.8, 4) is 0 Å². The molecule has 0 unspecified atom stereocenters. The van der Waals surface area contributed by atoms with Gasteiger partial charge in [-0.15, -0.1) is 11.8 Å². The van der Waals surface area contributed by atoms with Gasteiger partial charge in [0.25, 0.3) is 0 Å². The largest absolute Gasteiger partial charge is 0.300 e. The van der Waals surface area contributed by atoms with Gasteiger partial charge in [-0.25, -0.2) is 5.90 Å². The zero-order valence-corrected chi connectivity index (χ0v) is 8.27. The third kappa shape index (κ3) is 1.88. The lowest BCUT2D eigenvalue weighted by Crippen LogP contribution is -2.06. The van der Waals surface area contributed by atoms with Gasteiger partial charge in [-0.3, -0.25) is 4.84 Å². The van der Waals surface area contributed by atoms with E-state index in [1.807, 2.05) is 11.8 Å². The van der Waals surface area contributed by atoms with E-state index in [-0.39, 0.29) is 0 Å². The molecule has 0 radical (unpaired) electrons. The predicted octanol–water partition coefficient (Wildman–Crippen LogP) is 2.12. The monoisotopic (exact) mass is 195 g/mol. The summed E-state index contributed by atoms with van der Waals surface area (Å²) >= 11 is 1.93. The van der Waals surface area contributed by atoms with Gasteiger partial charge in [0, 0.05) is 4.90 Å². The topological polar surface area (TPSA) is 35.2 Å². The maximum absolute atomic E-state index is 5.09. The molecule has 1 heterocycles. The maximum atomic E-state index is 5.09. The Morgan fingerprint density at radius 3 is 3.23 bits per heavy atom. The molecule has 1 aliphatic heterocycles. The molecule has 13 heavy (non-hydrogen) atoms. The van der Waals surface area contributed by atoms with Crippen LogP contribution in [-0.2, 0) is 17.9 Å². The summed E-state index contributed by atoms with van der Waals surface area (Å²) in [5, 5.41) is 0. The molecule has 1 aromatic carbocycles. The zero-order chi connectivity index (χ0) is 9.10. The van der Waals surface area contributed by atoms with Crippen molar-refractivity contribution < 1.29 is 4.84 Å². The molecule has 2 rings (SSSR count). The van der Waals surface area contributed by atoms with Gasteiger partial charge in [-0.1, -0.05) is 12.1 Å². The fourth-order valence-corrected chi connectivity index (χ4v) is 2.78. The zero-order valence-electron chi connectivity index (χ0n) is 7.45. The first-order chi connectivity index (χ1) is 6.42. The van der Waals surface area contributed by atoms with Gasteiger partial charge in [-0.05, 0) is 35.8 Å². The lowest BCUT2D eigenvalue weighted by molar-refractivity contribution is 0.123. The molecule has 2 nitrogen and oxygen atoms in total. The lowest BCUT2D eigenvalue weighted by atomic mass is 10.0. The molecule has 0 fully saturated rings. The van der Waals surface area contributed by atoms with Crippen LogP contribution in [0.15, 0.2) is 23.1 Å². The Labute approximate surface area is 82.4 Å². The highest BCUT2D eigenvalue weighted by Gasteiger charge is 2.12. The SMILES string of the molecule is NOCc1cccc2c1CCCS2. The molecule has 1 aromatic rings. The van der Waals surface area contributed by atoms with E-state index < -0.39 is 0 Å². The van der Waals surface area contributed by atoms with Crippen molar-refractivity contribution in [1.82, 2.24) is 0 Å². The Bertz CT molecular complexity index is 301. The average Bonchev–Trinajstić information content (AvgIpc) is 2.19. The molecular formula is C10H13NOS. The summed E-state index contributed by atoms with van der Waals surface area (Å²) < 4.78 is 0. The van der Waals surface area contributed by atoms with Crippen LogP contribution in [0.5, 0.6) is 0 Å². The first-order valence-corrected chi connectivity index (χ1v) is 5.45. The first kappa shape index (κ1) is 9.06. The summed E-state index contributed by atoms with van der Waals surface area (Å²) in [6, 6.07) is 6.35. The minimum absolute atomic E-state index is 0.531. The number of benzene rings is 1. The van der Waals surface area contributed by atoms with Crippen LogP contribution >= 0.6 is 11.8 Å². The molecule has 0 aromatic heterocycles. The highest BCUT2D eigenvalue weighted by atomic mass is 32.2. The summed E-state index contributed by atoms with van der Waals surface area (Å²) in [5.74, 6) is 6.32. The normalized spacial score (nSPS) is 15.5. The van der Waals surface area contributed by atoms with E-state index in [1.165, 1.54) is 34.6 Å². The standard InChI is InChI=1S/C10H13NOS/c11-12-7-8-3-1-5-10-9(8)4-2-6-13-10/h1,3,5H,2,4,6-7,11H2. The first-order valence-electron chi connectivity index (χ1n) is 4.47. The predicted molar refractivity (Wildman–Crippen MR) is 54.5 cm³/mol. The number of fused-ring (bicyclic) bond motifs is 1. The van der Waals surface area contributed by atoms with Gasteiger partial charge in [0.15, 0.2) is 0 Å². The van der Waals surface area contributed by atoms with Gasteiger partial charge in [0.05, 0.1) is 6.61 Å². The van der Waals surface area contributed by atoms with Crippen LogP contribution in [0.2, 0.25) is 0 Å². The van der Waals surface area contributed by atoms with E-state index in [1.54, 1.807) is 0 Å². The lowest BCUT2D eigenvalue weighted by Gasteiger charge is -2.17. The second kappa shape index (κ2) is 4.13. The average molecular weight is 195 g/mol. The van der Waals surface area contributed by atoms with Crippen molar-refractivity contribution >= 4 is 11.8 Å². The van der Waals surface area contributed by atoms with Crippen molar-refractivity contribution in [3.05, 3.63) is 29.3 Å². The summed E-state index contributed by atoms with van der Waals surface area (Å²) in [5.41, 5.74) is 2.68. The van der Waals surface area contributed by atoms with Crippen molar-refractivity contribution in [2.24, 2.45) is 5.90 Å². The molecular weight excluding hydrogens is 182 g/mol. The van der Waals surface area contributed by atoms with Crippen molar-refractivity contribution in [3.63, 3.8) is 0 Å². The molecule has 0 saturated heterocycles. The number of hydrogen-bond acceptors (Lipinski definition) is 3. The molecule has 0 amide bonds. The second-order valence-electron chi connectivity index (χ2n) is 3.16. The number of nitrogens with two attached hydrogens (primary N) is 1. The Kier molecular flexibility index (Phi) is 2.88. The van der Waals surface area contributed by atoms with Crippen LogP contribution in [-0.4, -0.2) is 5.75 Å². The number of hydrogen-bond donors (Lipinski definition) is 1.